The number of aliphatic hydroxyl groups excluding tert-OH is 1. The number of fused-ring (bicyclic) bond motifs is 2. The zero-order chi connectivity index (χ0) is 19.3. The Morgan fingerprint density at radius 2 is 1.82 bits per heavy atom. The molecule has 3 aromatic rings. The van der Waals surface area contributed by atoms with Crippen LogP contribution in [0, 0.1) is 5.82 Å². The normalized spacial score (nSPS) is 20.6. The highest BCUT2D eigenvalue weighted by atomic mass is 35.5. The number of benzene rings is 3. The molecule has 2 aliphatic rings. The summed E-state index contributed by atoms with van der Waals surface area (Å²) in [5.74, 6) is 0.0233. The average molecular weight is 393 g/mol. The molecule has 140 valence electrons. The fraction of sp³-hybridized carbons (Fsp3) is 0.130. The summed E-state index contributed by atoms with van der Waals surface area (Å²) in [7, 11) is 0. The first-order chi connectivity index (χ1) is 13.6. The quantitative estimate of drug-likeness (QED) is 0.596. The second-order valence-corrected chi connectivity index (χ2v) is 7.59. The molecular weight excluding hydrogens is 375 g/mol. The molecule has 0 radical (unpaired) electrons. The standard InChI is InChI=1S/C23H18ClFN2O/c24-16-7-4-8-18(11-16)27-13-21(28)22(15-5-2-1-3-6-15)23(27)14-26-20-12-17(25)9-10-19(20)23/h1-12,26,28H,13-14H2. The van der Waals surface area contributed by atoms with E-state index >= 15 is 0 Å². The lowest BCUT2D eigenvalue weighted by molar-refractivity contribution is 0.410. The van der Waals surface area contributed by atoms with Crippen molar-refractivity contribution in [2.24, 2.45) is 0 Å². The van der Waals surface area contributed by atoms with Gasteiger partial charge in [0.05, 0.1) is 6.54 Å². The minimum absolute atomic E-state index is 0.287. The van der Waals surface area contributed by atoms with Crippen LogP contribution in [-0.4, -0.2) is 18.2 Å². The van der Waals surface area contributed by atoms with Gasteiger partial charge in [0.1, 0.15) is 17.1 Å². The number of hydrogen-bond donors (Lipinski definition) is 2. The highest BCUT2D eigenvalue weighted by Crippen LogP contribution is 2.54. The maximum atomic E-state index is 13.9. The maximum absolute atomic E-state index is 13.9. The molecule has 0 aliphatic carbocycles. The number of aliphatic hydroxyl groups is 1. The van der Waals surface area contributed by atoms with Crippen LogP contribution in [0.25, 0.3) is 5.57 Å². The average Bonchev–Trinajstić information content (AvgIpc) is 3.20. The number of hydrogen-bond acceptors (Lipinski definition) is 3. The molecule has 0 bridgehead atoms. The molecule has 1 spiro atoms. The van der Waals surface area contributed by atoms with Gasteiger partial charge in [-0.2, -0.15) is 0 Å². The van der Waals surface area contributed by atoms with Gasteiger partial charge in [-0.15, -0.1) is 0 Å². The van der Waals surface area contributed by atoms with Gasteiger partial charge < -0.3 is 15.3 Å². The van der Waals surface area contributed by atoms with Crippen LogP contribution < -0.4 is 10.2 Å². The first-order valence-electron chi connectivity index (χ1n) is 9.15. The van der Waals surface area contributed by atoms with Crippen LogP contribution in [0.3, 0.4) is 0 Å². The van der Waals surface area contributed by atoms with Crippen LogP contribution in [0.1, 0.15) is 11.1 Å². The lowest BCUT2D eigenvalue weighted by Crippen LogP contribution is -2.45. The van der Waals surface area contributed by atoms with E-state index in [0.717, 1.165) is 28.1 Å². The Hall–Kier alpha value is -2.98. The summed E-state index contributed by atoms with van der Waals surface area (Å²) in [4.78, 5) is 2.15. The number of nitrogens with one attached hydrogen (secondary N) is 1. The van der Waals surface area contributed by atoms with Crippen LogP contribution in [0.5, 0.6) is 0 Å². The predicted molar refractivity (Wildman–Crippen MR) is 111 cm³/mol. The fourth-order valence-electron chi connectivity index (χ4n) is 4.51. The van der Waals surface area contributed by atoms with Crippen molar-refractivity contribution in [3.05, 3.63) is 101 Å². The van der Waals surface area contributed by atoms with Gasteiger partial charge in [0.25, 0.3) is 0 Å². The Kier molecular flexibility index (Phi) is 3.84. The third-order valence-corrected chi connectivity index (χ3v) is 5.85. The van der Waals surface area contributed by atoms with E-state index in [4.69, 9.17) is 11.6 Å². The molecule has 0 aromatic heterocycles. The summed E-state index contributed by atoms with van der Waals surface area (Å²) in [5.41, 5.74) is 3.73. The highest BCUT2D eigenvalue weighted by Gasteiger charge is 2.53. The SMILES string of the molecule is OC1=C(c2ccccc2)C2(CNc3cc(F)ccc32)N(c2cccc(Cl)c2)C1. The van der Waals surface area contributed by atoms with Crippen molar-refractivity contribution in [2.45, 2.75) is 5.54 Å². The molecule has 1 atom stereocenters. The summed E-state index contributed by atoms with van der Waals surface area (Å²) < 4.78 is 13.9. The topological polar surface area (TPSA) is 35.5 Å². The monoisotopic (exact) mass is 392 g/mol. The molecule has 5 heteroatoms. The van der Waals surface area contributed by atoms with Crippen molar-refractivity contribution in [3.63, 3.8) is 0 Å². The van der Waals surface area contributed by atoms with Crippen LogP contribution in [0.2, 0.25) is 5.02 Å². The van der Waals surface area contributed by atoms with Gasteiger partial charge in [0, 0.05) is 34.1 Å². The zero-order valence-corrected chi connectivity index (χ0v) is 15.7. The molecule has 5 rings (SSSR count). The smallest absolute Gasteiger partial charge is 0.125 e. The van der Waals surface area contributed by atoms with E-state index in [-0.39, 0.29) is 5.82 Å². The van der Waals surface area contributed by atoms with Crippen LogP contribution in [0.4, 0.5) is 15.8 Å². The lowest BCUT2D eigenvalue weighted by Gasteiger charge is -2.39. The summed E-state index contributed by atoms with van der Waals surface area (Å²) in [6.07, 6.45) is 0. The minimum atomic E-state index is -0.654. The van der Waals surface area contributed by atoms with Crippen molar-refractivity contribution in [1.29, 1.82) is 0 Å². The number of halogens is 2. The van der Waals surface area contributed by atoms with Gasteiger partial charge in [-0.1, -0.05) is 54.1 Å². The van der Waals surface area contributed by atoms with Gasteiger partial charge >= 0.3 is 0 Å². The van der Waals surface area contributed by atoms with Crippen molar-refractivity contribution in [2.75, 3.05) is 23.3 Å². The molecule has 2 N–H and O–H groups in total. The first-order valence-corrected chi connectivity index (χ1v) is 9.52. The highest BCUT2D eigenvalue weighted by molar-refractivity contribution is 6.30. The number of nitrogens with zero attached hydrogens (tertiary/aromatic N) is 1. The Morgan fingerprint density at radius 3 is 2.61 bits per heavy atom. The summed E-state index contributed by atoms with van der Waals surface area (Å²) >= 11 is 6.26. The van der Waals surface area contributed by atoms with Gasteiger partial charge in [0.15, 0.2) is 0 Å². The minimum Gasteiger partial charge on any atom is -0.510 e. The molecule has 3 aromatic carbocycles. The molecule has 2 heterocycles. The van der Waals surface area contributed by atoms with Crippen LogP contribution in [0.15, 0.2) is 78.6 Å². The second kappa shape index (κ2) is 6.28. The van der Waals surface area contributed by atoms with Crippen LogP contribution in [-0.2, 0) is 5.54 Å². The molecule has 2 aliphatic heterocycles. The molecular formula is C23H18ClFN2O. The lowest BCUT2D eigenvalue weighted by atomic mass is 9.80. The second-order valence-electron chi connectivity index (χ2n) is 7.16. The van der Waals surface area contributed by atoms with E-state index in [9.17, 15) is 9.50 Å². The van der Waals surface area contributed by atoms with Crippen molar-refractivity contribution in [3.8, 4) is 0 Å². The van der Waals surface area contributed by atoms with E-state index in [1.54, 1.807) is 0 Å². The third-order valence-electron chi connectivity index (χ3n) is 5.62. The maximum Gasteiger partial charge on any atom is 0.125 e. The Balaban J connectivity index is 1.77. The Morgan fingerprint density at radius 1 is 1.00 bits per heavy atom. The Bertz CT molecular complexity index is 1100. The van der Waals surface area contributed by atoms with Crippen molar-refractivity contribution < 1.29 is 9.50 Å². The van der Waals surface area contributed by atoms with Gasteiger partial charge in [-0.05, 0) is 35.9 Å². The molecule has 0 saturated heterocycles. The number of rotatable bonds is 2. The van der Waals surface area contributed by atoms with E-state index < -0.39 is 5.54 Å². The largest absolute Gasteiger partial charge is 0.510 e. The predicted octanol–water partition coefficient (Wildman–Crippen LogP) is 5.59. The molecule has 0 fully saturated rings. The number of anilines is 2. The van der Waals surface area contributed by atoms with Crippen LogP contribution >= 0.6 is 11.6 Å². The van der Waals surface area contributed by atoms with E-state index in [1.807, 2.05) is 60.7 Å². The molecule has 0 amide bonds. The van der Waals surface area contributed by atoms with Gasteiger partial charge in [-0.25, -0.2) is 4.39 Å². The summed E-state index contributed by atoms with van der Waals surface area (Å²) in [5, 5.41) is 15.0. The molecule has 0 saturated carbocycles. The zero-order valence-electron chi connectivity index (χ0n) is 15.0. The summed E-state index contributed by atoms with van der Waals surface area (Å²) in [6.45, 7) is 0.871. The third kappa shape index (κ3) is 2.41. The van der Waals surface area contributed by atoms with Gasteiger partial charge in [-0.3, -0.25) is 0 Å². The van der Waals surface area contributed by atoms with E-state index in [1.165, 1.54) is 12.1 Å². The van der Waals surface area contributed by atoms with Crippen molar-refractivity contribution in [1.82, 2.24) is 0 Å². The Labute approximate surface area is 167 Å². The van der Waals surface area contributed by atoms with Crippen molar-refractivity contribution >= 4 is 28.5 Å². The fourth-order valence-corrected chi connectivity index (χ4v) is 4.69. The van der Waals surface area contributed by atoms with Gasteiger partial charge in [0.2, 0.25) is 0 Å². The summed E-state index contributed by atoms with van der Waals surface area (Å²) in [6, 6.07) is 22.3. The molecule has 3 nitrogen and oxygen atoms in total. The van der Waals surface area contributed by atoms with E-state index in [2.05, 4.69) is 10.2 Å². The molecule has 1 unspecified atom stereocenters. The molecule has 28 heavy (non-hydrogen) atoms. The van der Waals surface area contributed by atoms with E-state index in [0.29, 0.717) is 23.9 Å². The first kappa shape index (κ1) is 17.1.